The molecule has 1 N–H and O–H groups in total. The summed E-state index contributed by atoms with van der Waals surface area (Å²) in [5.41, 5.74) is 1.87. The molecule has 0 aliphatic carbocycles. The van der Waals surface area contributed by atoms with E-state index in [4.69, 9.17) is 11.6 Å². The average Bonchev–Trinajstić information content (AvgIpc) is 2.88. The Bertz CT molecular complexity index is 654. The molecule has 5 nitrogen and oxygen atoms in total. The first kappa shape index (κ1) is 17.5. The monoisotopic (exact) mass is 334 g/mol. The summed E-state index contributed by atoms with van der Waals surface area (Å²) in [6, 6.07) is 7.44. The normalized spacial score (nSPS) is 11.0. The molecule has 0 aliphatic heterocycles. The first-order valence-electron chi connectivity index (χ1n) is 7.61. The number of H-pyrrole nitrogens is 1. The van der Waals surface area contributed by atoms with Gasteiger partial charge in [0.2, 0.25) is 5.91 Å². The van der Waals surface area contributed by atoms with Crippen LogP contribution < -0.4 is 0 Å². The molecule has 0 radical (unpaired) electrons. The van der Waals surface area contributed by atoms with Crippen LogP contribution in [0.25, 0.3) is 0 Å². The predicted molar refractivity (Wildman–Crippen MR) is 92.5 cm³/mol. The van der Waals surface area contributed by atoms with Crippen molar-refractivity contribution in [2.75, 3.05) is 27.2 Å². The fourth-order valence-electron chi connectivity index (χ4n) is 2.30. The largest absolute Gasteiger partial charge is 0.345 e. The van der Waals surface area contributed by atoms with Gasteiger partial charge in [-0.15, -0.1) is 0 Å². The summed E-state index contributed by atoms with van der Waals surface area (Å²) < 4.78 is 0. The Morgan fingerprint density at radius 2 is 2.09 bits per heavy atom. The number of aryl methyl sites for hydroxylation is 1. The van der Waals surface area contributed by atoms with Gasteiger partial charge in [0.15, 0.2) is 0 Å². The van der Waals surface area contributed by atoms with E-state index < -0.39 is 0 Å². The maximum Gasteiger partial charge on any atom is 0.227 e. The molecule has 0 aliphatic rings. The number of carbonyl (C=O) groups excluding carboxylic acids is 1. The molecule has 1 amide bonds. The standard InChI is InChI=1S/C17H23ClN4O/c1-13-19-11-16(20-13)12-22(8-7-21(2)3)17(23)10-14-5-4-6-15(18)9-14/h4-6,9,11H,7-8,10,12H2,1-3H3,(H,19,20). The fourth-order valence-corrected chi connectivity index (χ4v) is 2.52. The molecule has 23 heavy (non-hydrogen) atoms. The second kappa shape index (κ2) is 8.13. The minimum absolute atomic E-state index is 0.0846. The predicted octanol–water partition coefficient (Wildman–Crippen LogP) is 2.50. The molecule has 0 unspecified atom stereocenters. The van der Waals surface area contributed by atoms with E-state index >= 15 is 0 Å². The van der Waals surface area contributed by atoms with Crippen LogP contribution in [-0.4, -0.2) is 52.9 Å². The molecular weight excluding hydrogens is 312 g/mol. The summed E-state index contributed by atoms with van der Waals surface area (Å²) in [5, 5.41) is 0.652. The lowest BCUT2D eigenvalue weighted by atomic mass is 10.1. The van der Waals surface area contributed by atoms with Crippen molar-refractivity contribution in [1.82, 2.24) is 19.8 Å². The van der Waals surface area contributed by atoms with E-state index in [9.17, 15) is 4.79 Å². The maximum absolute atomic E-state index is 12.7. The van der Waals surface area contributed by atoms with Gasteiger partial charge in [-0.25, -0.2) is 4.98 Å². The van der Waals surface area contributed by atoms with Crippen LogP contribution in [0, 0.1) is 6.92 Å². The van der Waals surface area contributed by atoms with Gasteiger partial charge in [0.1, 0.15) is 5.82 Å². The van der Waals surface area contributed by atoms with Crippen LogP contribution in [-0.2, 0) is 17.8 Å². The highest BCUT2D eigenvalue weighted by Gasteiger charge is 2.16. The minimum Gasteiger partial charge on any atom is -0.345 e. The molecule has 6 heteroatoms. The second-order valence-electron chi connectivity index (χ2n) is 5.92. The number of imidazole rings is 1. The van der Waals surface area contributed by atoms with E-state index in [-0.39, 0.29) is 5.91 Å². The number of hydrogen-bond donors (Lipinski definition) is 1. The zero-order valence-corrected chi connectivity index (χ0v) is 14.6. The highest BCUT2D eigenvalue weighted by atomic mass is 35.5. The Kier molecular flexibility index (Phi) is 6.19. The van der Waals surface area contributed by atoms with Crippen LogP contribution in [0.5, 0.6) is 0 Å². The van der Waals surface area contributed by atoms with Gasteiger partial charge in [-0.3, -0.25) is 4.79 Å². The average molecular weight is 335 g/mol. The summed E-state index contributed by atoms with van der Waals surface area (Å²) in [5.74, 6) is 0.941. The van der Waals surface area contributed by atoms with Crippen LogP contribution >= 0.6 is 11.6 Å². The molecule has 0 bridgehead atoms. The van der Waals surface area contributed by atoms with Gasteiger partial charge in [-0.2, -0.15) is 0 Å². The van der Waals surface area contributed by atoms with E-state index in [1.807, 2.05) is 50.2 Å². The first-order chi connectivity index (χ1) is 10.9. The third-order valence-corrected chi connectivity index (χ3v) is 3.77. The SMILES string of the molecule is Cc1ncc(CN(CCN(C)C)C(=O)Cc2cccc(Cl)c2)[nH]1. The maximum atomic E-state index is 12.7. The Hall–Kier alpha value is -1.85. The van der Waals surface area contributed by atoms with Crippen molar-refractivity contribution < 1.29 is 4.79 Å². The van der Waals surface area contributed by atoms with Crippen LogP contribution in [0.2, 0.25) is 5.02 Å². The molecule has 1 heterocycles. The Balaban J connectivity index is 2.06. The molecule has 0 saturated carbocycles. The van der Waals surface area contributed by atoms with Crippen molar-refractivity contribution in [1.29, 1.82) is 0 Å². The topological polar surface area (TPSA) is 52.2 Å². The van der Waals surface area contributed by atoms with Crippen molar-refractivity contribution in [3.63, 3.8) is 0 Å². The lowest BCUT2D eigenvalue weighted by Gasteiger charge is -2.24. The number of rotatable bonds is 7. The van der Waals surface area contributed by atoms with Gasteiger partial charge >= 0.3 is 0 Å². The van der Waals surface area contributed by atoms with Crippen molar-refractivity contribution in [3.8, 4) is 0 Å². The van der Waals surface area contributed by atoms with Crippen molar-refractivity contribution in [3.05, 3.63) is 52.6 Å². The van der Waals surface area contributed by atoms with Gasteiger partial charge in [-0.1, -0.05) is 23.7 Å². The number of aromatic nitrogens is 2. The quantitative estimate of drug-likeness (QED) is 0.846. The van der Waals surface area contributed by atoms with E-state index in [1.54, 1.807) is 6.20 Å². The van der Waals surface area contributed by atoms with Crippen LogP contribution in [0.3, 0.4) is 0 Å². The molecule has 0 spiro atoms. The summed E-state index contributed by atoms with van der Waals surface area (Å²) >= 11 is 6.00. The summed E-state index contributed by atoms with van der Waals surface area (Å²) in [7, 11) is 4.00. The summed E-state index contributed by atoms with van der Waals surface area (Å²) in [6.45, 7) is 3.93. The van der Waals surface area contributed by atoms with Crippen LogP contribution in [0.1, 0.15) is 17.1 Å². The van der Waals surface area contributed by atoms with Gasteiger partial charge in [-0.05, 0) is 38.7 Å². The molecule has 0 atom stereocenters. The Morgan fingerprint density at radius 1 is 1.30 bits per heavy atom. The van der Waals surface area contributed by atoms with Gasteiger partial charge in [0.25, 0.3) is 0 Å². The first-order valence-corrected chi connectivity index (χ1v) is 7.99. The smallest absolute Gasteiger partial charge is 0.227 e. The molecule has 2 aromatic rings. The van der Waals surface area contributed by atoms with E-state index in [0.29, 0.717) is 24.5 Å². The highest BCUT2D eigenvalue weighted by molar-refractivity contribution is 6.30. The Labute approximate surface area is 142 Å². The molecule has 2 rings (SSSR count). The summed E-state index contributed by atoms with van der Waals surface area (Å²) in [4.78, 5) is 24.0. The molecular formula is C17H23ClN4O. The number of amides is 1. The molecule has 1 aromatic carbocycles. The number of hydrogen-bond acceptors (Lipinski definition) is 3. The zero-order valence-electron chi connectivity index (χ0n) is 13.8. The van der Waals surface area contributed by atoms with Crippen LogP contribution in [0.4, 0.5) is 0 Å². The molecule has 1 aromatic heterocycles. The lowest BCUT2D eigenvalue weighted by molar-refractivity contribution is -0.131. The third-order valence-electron chi connectivity index (χ3n) is 3.53. The summed E-state index contributed by atoms with van der Waals surface area (Å²) in [6.07, 6.45) is 2.13. The Morgan fingerprint density at radius 3 is 2.70 bits per heavy atom. The number of likely N-dealkylation sites (N-methyl/N-ethyl adjacent to an activating group) is 1. The molecule has 0 fully saturated rings. The van der Waals surface area contributed by atoms with E-state index in [1.165, 1.54) is 0 Å². The highest BCUT2D eigenvalue weighted by Crippen LogP contribution is 2.13. The minimum atomic E-state index is 0.0846. The van der Waals surface area contributed by atoms with Crippen molar-refractivity contribution in [2.45, 2.75) is 19.9 Å². The number of nitrogens with zero attached hydrogens (tertiary/aromatic N) is 3. The second-order valence-corrected chi connectivity index (χ2v) is 6.36. The molecule has 0 saturated heterocycles. The van der Waals surface area contributed by atoms with E-state index in [2.05, 4.69) is 14.9 Å². The number of benzene rings is 1. The fraction of sp³-hybridized carbons (Fsp3) is 0.412. The lowest BCUT2D eigenvalue weighted by Crippen LogP contribution is -2.37. The zero-order chi connectivity index (χ0) is 16.8. The van der Waals surface area contributed by atoms with Crippen molar-refractivity contribution in [2.24, 2.45) is 0 Å². The van der Waals surface area contributed by atoms with Gasteiger partial charge in [0.05, 0.1) is 24.9 Å². The van der Waals surface area contributed by atoms with Gasteiger partial charge in [0, 0.05) is 18.1 Å². The van der Waals surface area contributed by atoms with Crippen molar-refractivity contribution >= 4 is 17.5 Å². The molecule has 124 valence electrons. The number of nitrogens with one attached hydrogen (secondary N) is 1. The third kappa shape index (κ3) is 5.69. The van der Waals surface area contributed by atoms with Crippen LogP contribution in [0.15, 0.2) is 30.5 Å². The van der Waals surface area contributed by atoms with E-state index in [0.717, 1.165) is 23.6 Å². The number of aromatic amines is 1. The number of carbonyl (C=O) groups is 1. The van der Waals surface area contributed by atoms with Gasteiger partial charge < -0.3 is 14.8 Å². The number of halogens is 1.